The number of benzene rings is 2. The Morgan fingerprint density at radius 2 is 1.84 bits per heavy atom. The van der Waals surface area contributed by atoms with E-state index in [-0.39, 0.29) is 28.4 Å². The highest BCUT2D eigenvalue weighted by molar-refractivity contribution is 7.96. The van der Waals surface area contributed by atoms with Gasteiger partial charge in [-0.15, -0.1) is 11.6 Å². The van der Waals surface area contributed by atoms with E-state index in [0.717, 1.165) is 30.0 Å². The Hall–Kier alpha value is -3.33. The predicted octanol–water partition coefficient (Wildman–Crippen LogP) is 5.38. The van der Waals surface area contributed by atoms with Crippen LogP contribution in [0.3, 0.4) is 0 Å². The SMILES string of the molecule is CC1(Cl)C=CC(S(=O)(=O)Nc2ccc(Cl)c3c2C(=O)N(Cc2cccc(C#N)c2)C3=O)=CC1C(F)(F)F. The van der Waals surface area contributed by atoms with Crippen molar-refractivity contribution in [1.82, 2.24) is 4.90 Å². The smallest absolute Gasteiger partial charge is 0.279 e. The molecule has 1 heterocycles. The van der Waals surface area contributed by atoms with Crippen LogP contribution in [-0.2, 0) is 16.6 Å². The number of nitrogens with zero attached hydrogens (tertiary/aromatic N) is 2. The van der Waals surface area contributed by atoms with Crippen molar-refractivity contribution in [3.05, 3.63) is 86.8 Å². The number of hydrogen-bond donors (Lipinski definition) is 1. The fourth-order valence-electron chi connectivity index (χ4n) is 4.05. The highest BCUT2D eigenvalue weighted by Gasteiger charge is 2.50. The van der Waals surface area contributed by atoms with E-state index in [1.165, 1.54) is 12.1 Å². The van der Waals surface area contributed by atoms with Crippen LogP contribution in [0, 0.1) is 17.2 Å². The Labute approximate surface area is 219 Å². The van der Waals surface area contributed by atoms with Crippen LogP contribution in [0.5, 0.6) is 0 Å². The number of nitrogens with one attached hydrogen (secondary N) is 1. The monoisotopic (exact) mass is 569 g/mol. The van der Waals surface area contributed by atoms with Crippen LogP contribution in [0.15, 0.2) is 59.5 Å². The molecule has 0 bridgehead atoms. The maximum absolute atomic E-state index is 13.5. The van der Waals surface area contributed by atoms with Gasteiger partial charge in [0.2, 0.25) is 0 Å². The summed E-state index contributed by atoms with van der Waals surface area (Å²) in [7, 11) is -4.64. The third-order valence-electron chi connectivity index (χ3n) is 5.89. The highest BCUT2D eigenvalue weighted by Crippen LogP contribution is 2.44. The zero-order chi connectivity index (χ0) is 27.3. The normalized spacial score (nSPS) is 21.5. The molecule has 1 N–H and O–H groups in total. The van der Waals surface area contributed by atoms with Gasteiger partial charge in [-0.2, -0.15) is 18.4 Å². The lowest BCUT2D eigenvalue weighted by atomic mass is 9.88. The lowest BCUT2D eigenvalue weighted by Crippen LogP contribution is -2.39. The number of carbonyl (C=O) groups is 2. The van der Waals surface area contributed by atoms with Crippen LogP contribution < -0.4 is 4.72 Å². The minimum Gasteiger partial charge on any atom is -0.279 e. The summed E-state index contributed by atoms with van der Waals surface area (Å²) in [5, 5.41) is 8.97. The number of rotatable bonds is 5. The fraction of sp³-hybridized carbons (Fsp3) is 0.208. The molecule has 7 nitrogen and oxygen atoms in total. The molecular formula is C24H16Cl2F3N3O4S. The number of halogens is 5. The molecule has 192 valence electrons. The van der Waals surface area contributed by atoms with E-state index in [0.29, 0.717) is 17.2 Å². The molecule has 4 rings (SSSR count). The molecule has 1 aliphatic carbocycles. The fourth-order valence-corrected chi connectivity index (χ4v) is 5.68. The average molecular weight is 570 g/mol. The molecule has 2 aliphatic rings. The third-order valence-corrected chi connectivity index (χ3v) is 7.95. The van der Waals surface area contributed by atoms with Gasteiger partial charge in [0.05, 0.1) is 55.7 Å². The molecule has 2 aromatic carbocycles. The standard InChI is InChI=1S/C24H16Cl2F3N3O4S/c1-23(26)8-7-15(10-18(23)24(27,28)29)37(35,36)31-17-6-5-16(25)19-20(17)22(34)32(21(19)33)12-14-4-2-3-13(9-14)11-30/h2-10,18,31H,12H2,1H3. The molecule has 37 heavy (non-hydrogen) atoms. The molecular weight excluding hydrogens is 554 g/mol. The second-order valence-electron chi connectivity index (χ2n) is 8.53. The maximum Gasteiger partial charge on any atom is 0.397 e. The summed E-state index contributed by atoms with van der Waals surface area (Å²) in [4.78, 5) is 24.5. The maximum atomic E-state index is 13.5. The van der Waals surface area contributed by atoms with E-state index in [4.69, 9.17) is 28.5 Å². The number of anilines is 1. The molecule has 2 unspecified atom stereocenters. The third kappa shape index (κ3) is 4.97. The quantitative estimate of drug-likeness (QED) is 0.384. The Bertz CT molecular complexity index is 1540. The van der Waals surface area contributed by atoms with Gasteiger partial charge in [0.15, 0.2) is 0 Å². The van der Waals surface area contributed by atoms with E-state index >= 15 is 0 Å². The van der Waals surface area contributed by atoms with Crippen molar-refractivity contribution in [2.24, 2.45) is 5.92 Å². The van der Waals surface area contributed by atoms with E-state index in [1.807, 2.05) is 6.07 Å². The van der Waals surface area contributed by atoms with Gasteiger partial charge in [-0.1, -0.05) is 29.8 Å². The van der Waals surface area contributed by atoms with Crippen molar-refractivity contribution in [3.63, 3.8) is 0 Å². The molecule has 1 aliphatic heterocycles. The molecule has 2 aromatic rings. The Morgan fingerprint density at radius 3 is 2.49 bits per heavy atom. The van der Waals surface area contributed by atoms with Crippen molar-refractivity contribution in [3.8, 4) is 6.07 Å². The van der Waals surface area contributed by atoms with Crippen LogP contribution in [0.2, 0.25) is 5.02 Å². The van der Waals surface area contributed by atoms with E-state index < -0.39 is 43.7 Å². The summed E-state index contributed by atoms with van der Waals surface area (Å²) in [6, 6.07) is 10.5. The van der Waals surface area contributed by atoms with Crippen molar-refractivity contribution in [2.45, 2.75) is 24.5 Å². The number of allylic oxidation sites excluding steroid dienone is 3. The van der Waals surface area contributed by atoms with Gasteiger partial charge in [-0.25, -0.2) is 8.42 Å². The lowest BCUT2D eigenvalue weighted by Gasteiger charge is -2.32. The van der Waals surface area contributed by atoms with E-state index in [2.05, 4.69) is 4.72 Å². The first-order valence-corrected chi connectivity index (χ1v) is 12.8. The summed E-state index contributed by atoms with van der Waals surface area (Å²) in [5.41, 5.74) is -0.153. The number of alkyl halides is 4. The van der Waals surface area contributed by atoms with Gasteiger partial charge in [-0.05, 0) is 48.9 Å². The molecule has 0 saturated carbocycles. The molecule has 0 fully saturated rings. The number of carbonyl (C=O) groups excluding carboxylic acids is 2. The van der Waals surface area contributed by atoms with Gasteiger partial charge in [-0.3, -0.25) is 19.2 Å². The Morgan fingerprint density at radius 1 is 1.16 bits per heavy atom. The van der Waals surface area contributed by atoms with Crippen molar-refractivity contribution >= 4 is 50.7 Å². The first-order valence-electron chi connectivity index (χ1n) is 10.5. The zero-order valence-corrected chi connectivity index (χ0v) is 21.1. The van der Waals surface area contributed by atoms with Crippen molar-refractivity contribution in [1.29, 1.82) is 5.26 Å². The number of fused-ring (bicyclic) bond motifs is 1. The second kappa shape index (κ2) is 9.20. The van der Waals surface area contributed by atoms with Crippen LogP contribution in [-0.4, -0.2) is 36.2 Å². The number of imide groups is 1. The number of amides is 2. The van der Waals surface area contributed by atoms with Crippen LogP contribution in [0.4, 0.5) is 18.9 Å². The average Bonchev–Trinajstić information content (AvgIpc) is 3.05. The summed E-state index contributed by atoms with van der Waals surface area (Å²) >= 11 is 12.1. The van der Waals surface area contributed by atoms with Crippen LogP contribution in [0.1, 0.15) is 38.8 Å². The van der Waals surface area contributed by atoms with Gasteiger partial charge in [0, 0.05) is 0 Å². The van der Waals surface area contributed by atoms with E-state index in [9.17, 15) is 31.2 Å². The first kappa shape index (κ1) is 26.7. The Kier molecular flexibility index (Phi) is 6.65. The molecule has 2 amide bonds. The summed E-state index contributed by atoms with van der Waals surface area (Å²) in [6.07, 6.45) is -2.46. The van der Waals surface area contributed by atoms with Crippen molar-refractivity contribution in [2.75, 3.05) is 4.72 Å². The van der Waals surface area contributed by atoms with Crippen molar-refractivity contribution < 1.29 is 31.2 Å². The highest BCUT2D eigenvalue weighted by atomic mass is 35.5. The first-order chi connectivity index (χ1) is 17.2. The Balaban J connectivity index is 1.70. The largest absolute Gasteiger partial charge is 0.397 e. The summed E-state index contributed by atoms with van der Waals surface area (Å²) in [5.74, 6) is -3.95. The molecule has 0 saturated heterocycles. The predicted molar refractivity (Wildman–Crippen MR) is 130 cm³/mol. The van der Waals surface area contributed by atoms with E-state index in [1.54, 1.807) is 18.2 Å². The van der Waals surface area contributed by atoms with Gasteiger partial charge >= 0.3 is 6.18 Å². The number of nitriles is 1. The van der Waals surface area contributed by atoms with Gasteiger partial charge in [0.25, 0.3) is 21.8 Å². The van der Waals surface area contributed by atoms with Crippen LogP contribution >= 0.6 is 23.2 Å². The number of hydrogen-bond acceptors (Lipinski definition) is 5. The minimum atomic E-state index is -4.82. The summed E-state index contributed by atoms with van der Waals surface area (Å²) < 4.78 is 68.7. The molecule has 2 atom stereocenters. The molecule has 0 radical (unpaired) electrons. The molecule has 0 aromatic heterocycles. The van der Waals surface area contributed by atoms with Crippen LogP contribution in [0.25, 0.3) is 0 Å². The second-order valence-corrected chi connectivity index (χ2v) is 11.4. The van der Waals surface area contributed by atoms with Gasteiger partial charge < -0.3 is 0 Å². The molecule has 13 heteroatoms. The number of sulfonamides is 1. The minimum absolute atomic E-state index is 0.114. The zero-order valence-electron chi connectivity index (χ0n) is 18.8. The summed E-state index contributed by atoms with van der Waals surface area (Å²) in [6.45, 7) is 0.883. The van der Waals surface area contributed by atoms with Gasteiger partial charge in [0.1, 0.15) is 0 Å². The topological polar surface area (TPSA) is 107 Å². The lowest BCUT2D eigenvalue weighted by molar-refractivity contribution is -0.165. The molecule has 0 spiro atoms.